The van der Waals surface area contributed by atoms with E-state index in [0.29, 0.717) is 6.42 Å². The summed E-state index contributed by atoms with van der Waals surface area (Å²) in [6.07, 6.45) is -4.70. The molecule has 146 valence electrons. The molecule has 0 aliphatic heterocycles. The molecule has 0 unspecified atom stereocenters. The lowest BCUT2D eigenvalue weighted by atomic mass is 10.1. The molecule has 0 bridgehead atoms. The van der Waals surface area contributed by atoms with Gasteiger partial charge >= 0.3 is 12.3 Å². The number of anilines is 1. The van der Waals surface area contributed by atoms with Crippen molar-refractivity contribution in [2.45, 2.75) is 52.8 Å². The van der Waals surface area contributed by atoms with Crippen LogP contribution in [-0.4, -0.2) is 30.7 Å². The molecular formula is C18H25F3N2O3. The number of carbonyl (C=O) groups is 2. The lowest BCUT2D eigenvalue weighted by Gasteiger charge is -2.23. The Bertz CT molecular complexity index is 652. The zero-order valence-corrected chi connectivity index (χ0v) is 15.7. The van der Waals surface area contributed by atoms with Crippen molar-refractivity contribution in [3.8, 4) is 0 Å². The standard InChI is InChI=1S/C18H25F3N2O3/c1-12-7-8-14(11-15(12)18(19,20)21)23(13(2)24)10-6-9-22-16(25)26-17(3,4)5/h7-8,11H,6,9-10H2,1-5H3,(H,22,25). The highest BCUT2D eigenvalue weighted by atomic mass is 19.4. The number of rotatable bonds is 5. The predicted molar refractivity (Wildman–Crippen MR) is 93.1 cm³/mol. The normalized spacial score (nSPS) is 11.8. The predicted octanol–water partition coefficient (Wildman–Crippen LogP) is 4.28. The number of hydrogen-bond donors (Lipinski definition) is 1. The Morgan fingerprint density at radius 3 is 2.31 bits per heavy atom. The van der Waals surface area contributed by atoms with Crippen molar-refractivity contribution in [2.75, 3.05) is 18.0 Å². The molecule has 0 spiro atoms. The molecule has 1 N–H and O–H groups in total. The third kappa shape index (κ3) is 6.93. The number of alkyl halides is 3. The highest BCUT2D eigenvalue weighted by Crippen LogP contribution is 2.34. The molecule has 2 amide bonds. The summed E-state index contributed by atoms with van der Waals surface area (Å²) in [7, 11) is 0. The van der Waals surface area contributed by atoms with Crippen LogP contribution < -0.4 is 10.2 Å². The number of benzene rings is 1. The van der Waals surface area contributed by atoms with E-state index in [2.05, 4.69) is 5.32 Å². The molecule has 0 saturated heterocycles. The Kier molecular flexibility index (Phi) is 7.06. The van der Waals surface area contributed by atoms with E-state index in [-0.39, 0.29) is 30.2 Å². The second kappa shape index (κ2) is 8.42. The molecule has 1 rings (SSSR count). The molecule has 0 aliphatic carbocycles. The van der Waals surface area contributed by atoms with E-state index in [0.717, 1.165) is 6.07 Å². The van der Waals surface area contributed by atoms with Gasteiger partial charge in [0.2, 0.25) is 5.91 Å². The first-order valence-electron chi connectivity index (χ1n) is 8.24. The maximum absolute atomic E-state index is 13.1. The number of alkyl carbamates (subject to hydrolysis) is 1. The van der Waals surface area contributed by atoms with Gasteiger partial charge in [-0.05, 0) is 51.8 Å². The van der Waals surface area contributed by atoms with Gasteiger partial charge in [0.25, 0.3) is 0 Å². The first kappa shape index (κ1) is 21.8. The summed E-state index contributed by atoms with van der Waals surface area (Å²) in [5.74, 6) is -0.376. The number of nitrogens with zero attached hydrogens (tertiary/aromatic N) is 1. The zero-order valence-electron chi connectivity index (χ0n) is 15.7. The molecule has 1 aromatic carbocycles. The van der Waals surface area contributed by atoms with Crippen LogP contribution in [0.2, 0.25) is 0 Å². The maximum atomic E-state index is 13.1. The lowest BCUT2D eigenvalue weighted by Crippen LogP contribution is -2.35. The zero-order chi connectivity index (χ0) is 20.1. The second-order valence-corrected chi connectivity index (χ2v) is 6.95. The van der Waals surface area contributed by atoms with Crippen molar-refractivity contribution in [2.24, 2.45) is 0 Å². The maximum Gasteiger partial charge on any atom is 0.416 e. The highest BCUT2D eigenvalue weighted by Gasteiger charge is 2.33. The van der Waals surface area contributed by atoms with Crippen molar-refractivity contribution >= 4 is 17.7 Å². The van der Waals surface area contributed by atoms with Crippen LogP contribution in [0.25, 0.3) is 0 Å². The highest BCUT2D eigenvalue weighted by molar-refractivity contribution is 5.91. The van der Waals surface area contributed by atoms with Crippen molar-refractivity contribution in [1.29, 1.82) is 0 Å². The van der Waals surface area contributed by atoms with Crippen LogP contribution in [0.3, 0.4) is 0 Å². The van der Waals surface area contributed by atoms with Crippen LogP contribution in [0.4, 0.5) is 23.7 Å². The number of carbonyl (C=O) groups excluding carboxylic acids is 2. The molecule has 0 aromatic heterocycles. The van der Waals surface area contributed by atoms with E-state index in [9.17, 15) is 22.8 Å². The summed E-state index contributed by atoms with van der Waals surface area (Å²) in [5.41, 5.74) is -1.12. The van der Waals surface area contributed by atoms with Crippen molar-refractivity contribution in [3.05, 3.63) is 29.3 Å². The first-order chi connectivity index (χ1) is 11.8. The average Bonchev–Trinajstić information content (AvgIpc) is 2.44. The van der Waals surface area contributed by atoms with Crippen LogP contribution in [0.15, 0.2) is 18.2 Å². The van der Waals surface area contributed by atoms with Gasteiger partial charge in [-0.25, -0.2) is 4.79 Å². The van der Waals surface area contributed by atoms with Gasteiger partial charge in [0, 0.05) is 25.7 Å². The molecule has 8 heteroatoms. The summed E-state index contributed by atoms with van der Waals surface area (Å²) in [6.45, 7) is 8.27. The Morgan fingerprint density at radius 2 is 1.81 bits per heavy atom. The number of nitrogens with one attached hydrogen (secondary N) is 1. The molecule has 0 heterocycles. The number of ether oxygens (including phenoxy) is 1. The van der Waals surface area contributed by atoms with Gasteiger partial charge in [-0.3, -0.25) is 4.79 Å². The summed E-state index contributed by atoms with van der Waals surface area (Å²) >= 11 is 0. The Hall–Kier alpha value is -2.25. The van der Waals surface area contributed by atoms with Gasteiger partial charge in [-0.2, -0.15) is 13.2 Å². The molecule has 0 radical (unpaired) electrons. The molecule has 5 nitrogen and oxygen atoms in total. The Balaban J connectivity index is 2.74. The topological polar surface area (TPSA) is 58.6 Å². The summed E-state index contributed by atoms with van der Waals surface area (Å²) in [5, 5.41) is 2.55. The van der Waals surface area contributed by atoms with Crippen LogP contribution in [-0.2, 0) is 15.7 Å². The fourth-order valence-corrected chi connectivity index (χ4v) is 2.29. The molecule has 0 aliphatic rings. The van der Waals surface area contributed by atoms with Crippen molar-refractivity contribution < 1.29 is 27.5 Å². The van der Waals surface area contributed by atoms with Crippen LogP contribution in [0.5, 0.6) is 0 Å². The van der Waals surface area contributed by atoms with Gasteiger partial charge in [-0.15, -0.1) is 0 Å². The van der Waals surface area contributed by atoms with Crippen LogP contribution >= 0.6 is 0 Å². The van der Waals surface area contributed by atoms with Gasteiger partial charge in [0.05, 0.1) is 5.56 Å². The van der Waals surface area contributed by atoms with Crippen molar-refractivity contribution in [3.63, 3.8) is 0 Å². The lowest BCUT2D eigenvalue weighted by molar-refractivity contribution is -0.138. The molecule has 0 saturated carbocycles. The average molecular weight is 374 g/mol. The van der Waals surface area contributed by atoms with E-state index in [1.807, 2.05) is 0 Å². The van der Waals surface area contributed by atoms with Gasteiger partial charge < -0.3 is 15.0 Å². The molecule has 1 aromatic rings. The number of amides is 2. The van der Waals surface area contributed by atoms with E-state index >= 15 is 0 Å². The van der Waals surface area contributed by atoms with E-state index in [4.69, 9.17) is 4.74 Å². The van der Waals surface area contributed by atoms with Crippen molar-refractivity contribution in [1.82, 2.24) is 5.32 Å². The summed E-state index contributed by atoms with van der Waals surface area (Å²) in [6, 6.07) is 3.79. The minimum Gasteiger partial charge on any atom is -0.444 e. The Morgan fingerprint density at radius 1 is 1.19 bits per heavy atom. The van der Waals surface area contributed by atoms with Crippen LogP contribution in [0, 0.1) is 6.92 Å². The van der Waals surface area contributed by atoms with Crippen LogP contribution in [0.1, 0.15) is 45.2 Å². The molecule has 0 fully saturated rings. The van der Waals surface area contributed by atoms with Gasteiger partial charge in [-0.1, -0.05) is 6.07 Å². The molecular weight excluding hydrogens is 349 g/mol. The monoisotopic (exact) mass is 374 g/mol. The fourth-order valence-electron chi connectivity index (χ4n) is 2.29. The van der Waals surface area contributed by atoms with E-state index in [1.165, 1.54) is 30.9 Å². The minimum absolute atomic E-state index is 0.0938. The molecule has 26 heavy (non-hydrogen) atoms. The summed E-state index contributed by atoms with van der Waals surface area (Å²) in [4.78, 5) is 24.7. The third-order valence-electron chi connectivity index (χ3n) is 3.45. The number of halogens is 3. The first-order valence-corrected chi connectivity index (χ1v) is 8.24. The molecule has 0 atom stereocenters. The Labute approximate surface area is 151 Å². The van der Waals surface area contributed by atoms with Gasteiger partial charge in [0.15, 0.2) is 0 Å². The SMILES string of the molecule is CC(=O)N(CCCNC(=O)OC(C)(C)C)c1ccc(C)c(C(F)(F)F)c1. The third-order valence-corrected chi connectivity index (χ3v) is 3.45. The van der Waals surface area contributed by atoms with Gasteiger partial charge in [0.1, 0.15) is 5.60 Å². The summed E-state index contributed by atoms with van der Waals surface area (Å²) < 4.78 is 44.3. The number of hydrogen-bond acceptors (Lipinski definition) is 3. The fraction of sp³-hybridized carbons (Fsp3) is 0.556. The quantitative estimate of drug-likeness (QED) is 0.783. The second-order valence-electron chi connectivity index (χ2n) is 6.95. The largest absolute Gasteiger partial charge is 0.444 e. The minimum atomic E-state index is -4.49. The van der Waals surface area contributed by atoms with E-state index in [1.54, 1.807) is 20.8 Å². The smallest absolute Gasteiger partial charge is 0.416 e. The number of aryl methyl sites for hydroxylation is 1. The van der Waals surface area contributed by atoms with E-state index < -0.39 is 23.4 Å².